The number of carbonyl (C=O) groups excluding carboxylic acids is 6. The molecule has 6 N–H and O–H groups in total. The summed E-state index contributed by atoms with van der Waals surface area (Å²) < 4.78 is 0. The number of carboxylic acid groups (broad SMARTS) is 6. The van der Waals surface area contributed by atoms with Crippen LogP contribution in [-0.4, -0.2) is 148 Å². The molecule has 0 spiro atoms. The van der Waals surface area contributed by atoms with E-state index in [1.54, 1.807) is 0 Å². The van der Waals surface area contributed by atoms with E-state index < -0.39 is 148 Å². The molecule has 53 heavy (non-hydrogen) atoms. The van der Waals surface area contributed by atoms with Gasteiger partial charge in [0.25, 0.3) is 0 Å². The Morgan fingerprint density at radius 3 is 0.642 bits per heavy atom. The normalized spacial score (nSPS) is 30.5. The van der Waals surface area contributed by atoms with Crippen LogP contribution in [0.5, 0.6) is 0 Å². The molecule has 2 saturated carbocycles. The quantitative estimate of drug-likeness (QED) is 0.0617. The van der Waals surface area contributed by atoms with Crippen molar-refractivity contribution in [3.8, 4) is 0 Å². The molecule has 27 heteroatoms. The van der Waals surface area contributed by atoms with Gasteiger partial charge in [0.1, 0.15) is 0 Å². The maximum atomic E-state index is 12.3. The van der Waals surface area contributed by atoms with Crippen LogP contribution in [0.1, 0.15) is 12.8 Å². The van der Waals surface area contributed by atoms with Gasteiger partial charge in [-0.05, 0) is 49.1 Å². The number of carbonyl (C=O) groups is 6. The van der Waals surface area contributed by atoms with Gasteiger partial charge in [0.15, 0.2) is 0 Å². The predicted octanol–water partition coefficient (Wildman–Crippen LogP) is -20.6. The minimum Gasteiger partial charge on any atom is -0.850 e. The average molecular weight is 1250 g/mol. The number of carboxylic acids is 6. The molecule has 0 aromatic carbocycles. The van der Waals surface area contributed by atoms with Crippen molar-refractivity contribution in [3.05, 3.63) is 0 Å². The molecule has 0 aromatic rings. The second kappa shape index (κ2) is 28.4. The molecule has 0 amide bonds. The molecule has 288 valence electrons. The van der Waals surface area contributed by atoms with E-state index in [1.807, 2.05) is 0 Å². The molecule has 24 nitrogen and oxygen atoms in total. The zero-order chi connectivity index (χ0) is 38.3. The molecule has 0 aliphatic heterocycles. The number of rotatable bonds is 20. The maximum Gasteiger partial charge on any atom is 4.00 e. The smallest absolute Gasteiger partial charge is 0.850 e. The third kappa shape index (κ3) is 19.6. The van der Waals surface area contributed by atoms with Crippen LogP contribution >= 0.6 is 0 Å². The van der Waals surface area contributed by atoms with Crippen molar-refractivity contribution in [1.29, 1.82) is 0 Å². The summed E-state index contributed by atoms with van der Waals surface area (Å²) in [6.07, 6.45) is -12.4. The van der Waals surface area contributed by atoms with E-state index in [1.165, 1.54) is 0 Å². The minimum atomic E-state index is -1.93. The zero-order valence-corrected chi connectivity index (χ0v) is 38.2. The van der Waals surface area contributed by atoms with E-state index in [9.17, 15) is 90.0 Å². The molecule has 0 saturated heterocycles. The molecule has 0 radical (unpaired) electrons. The van der Waals surface area contributed by atoms with Gasteiger partial charge in [-0.15, -0.1) is 0 Å². The summed E-state index contributed by atoms with van der Waals surface area (Å²) in [5.74, 6) is -9.16. The molecular weight excluding hydrogens is 1220 g/mol. The third-order valence-corrected chi connectivity index (χ3v) is 7.59. The Labute approximate surface area is 357 Å². The summed E-state index contributed by atoms with van der Waals surface area (Å²) in [7, 11) is 0. The van der Waals surface area contributed by atoms with Gasteiger partial charge in [-0.1, -0.05) is 36.6 Å². The van der Waals surface area contributed by atoms with Gasteiger partial charge in [0, 0.05) is 51.2 Å². The van der Waals surface area contributed by atoms with E-state index in [4.69, 9.17) is 0 Å². The first-order valence-corrected chi connectivity index (χ1v) is 14.8. The second-order valence-electron chi connectivity index (χ2n) is 11.1. The fraction of sp³-hybridized carbons (Fsp3) is 0.769. The summed E-state index contributed by atoms with van der Waals surface area (Å²) in [5, 5.41) is 150. The first kappa shape index (κ1) is 56.3. The summed E-state index contributed by atoms with van der Waals surface area (Å²) in [6, 6.07) is -8.98. The van der Waals surface area contributed by atoms with E-state index in [0.717, 1.165) is 0 Å². The van der Waals surface area contributed by atoms with Crippen molar-refractivity contribution in [1.82, 2.24) is 31.9 Å². The molecule has 0 heterocycles. The Hall–Kier alpha value is -1.05. The number of hydrogen-bond donors (Lipinski definition) is 6. The van der Waals surface area contributed by atoms with E-state index in [0.29, 0.717) is 0 Å². The molecule has 12 atom stereocenters. The second-order valence-corrected chi connectivity index (χ2v) is 11.1. The van der Waals surface area contributed by atoms with Crippen molar-refractivity contribution in [2.24, 2.45) is 0 Å². The standard InChI is InChI=1S/2C13H20N3O9.3Hf/c2*17-5(18)1-2-14-8-11(23)9(15-3-6(19)20)13(25)10(12(8)24)16-4-7(21)22;;;/h2*8-16H,1-4H2,(H,17,18)(H,19,20)(H,21,22);;;/q2*-3;3*+4/p-6/t2*8?,9-,10+,11-,12+,13?;;;. The van der Waals surface area contributed by atoms with Gasteiger partial charge in [0.2, 0.25) is 0 Å². The SMILES string of the molecule is O=C([O-])CCNC1[C@@H]([O-])[C@@H](NCC(=O)[O-])C([O-])[C@@H](NCC(=O)[O-])[C@H]1[O-].O=C([O-])CCNC1[C@@H]([O-])[C@@H](NCC(=O)[O-])C([O-])[C@@H](NCC(=O)[O-])[C@H]1[O-].[Hf+4].[Hf+4].[Hf+4]. The Bertz CT molecular complexity index is 1020. The Kier molecular flexibility index (Phi) is 30.1. The zero-order valence-electron chi connectivity index (χ0n) is 27.4. The van der Waals surface area contributed by atoms with Gasteiger partial charge in [-0.3, -0.25) is 0 Å². The van der Waals surface area contributed by atoms with Crippen LogP contribution in [0.4, 0.5) is 0 Å². The van der Waals surface area contributed by atoms with Crippen LogP contribution in [0.15, 0.2) is 0 Å². The van der Waals surface area contributed by atoms with Gasteiger partial charge < -0.3 is 122 Å². The topological polar surface area (TPSA) is 451 Å². The van der Waals surface area contributed by atoms with Gasteiger partial charge in [0.05, 0.1) is 23.9 Å². The van der Waals surface area contributed by atoms with Crippen LogP contribution in [0.25, 0.3) is 0 Å². The molecule has 2 aliphatic carbocycles. The molecule has 0 bridgehead atoms. The van der Waals surface area contributed by atoms with Crippen molar-refractivity contribution < 1.29 is 168 Å². The van der Waals surface area contributed by atoms with Crippen molar-refractivity contribution in [3.63, 3.8) is 0 Å². The Morgan fingerprint density at radius 1 is 0.321 bits per heavy atom. The van der Waals surface area contributed by atoms with Crippen molar-refractivity contribution in [2.45, 2.75) is 85.7 Å². The molecule has 2 rings (SSSR count). The molecule has 4 unspecified atom stereocenters. The predicted molar refractivity (Wildman–Crippen MR) is 133 cm³/mol. The summed E-state index contributed by atoms with van der Waals surface area (Å²) >= 11 is 0. The first-order valence-electron chi connectivity index (χ1n) is 14.8. The fourth-order valence-electron chi connectivity index (χ4n) is 5.34. The molecule has 0 aromatic heterocycles. The van der Waals surface area contributed by atoms with Crippen LogP contribution in [0.3, 0.4) is 0 Å². The summed E-state index contributed by atoms with van der Waals surface area (Å²) in [5.41, 5.74) is 0. The van der Waals surface area contributed by atoms with E-state index in [2.05, 4.69) is 31.9 Å². The van der Waals surface area contributed by atoms with Gasteiger partial charge in [-0.25, -0.2) is 0 Å². The average Bonchev–Trinajstić information content (AvgIpc) is 2.99. The van der Waals surface area contributed by atoms with Crippen LogP contribution in [-0.2, 0) is 106 Å². The van der Waals surface area contributed by atoms with Gasteiger partial charge >= 0.3 is 77.5 Å². The molecular formula is C26H34Hf3N6O18. The number of aliphatic carboxylic acids is 6. The van der Waals surface area contributed by atoms with Crippen LogP contribution in [0, 0.1) is 0 Å². The number of hydrogen-bond acceptors (Lipinski definition) is 24. The summed E-state index contributed by atoms with van der Waals surface area (Å²) in [6.45, 7) is -3.83. The van der Waals surface area contributed by atoms with E-state index in [-0.39, 0.29) is 90.6 Å². The van der Waals surface area contributed by atoms with Crippen molar-refractivity contribution >= 4 is 35.8 Å². The number of nitrogens with one attached hydrogen (secondary N) is 6. The first-order chi connectivity index (χ1) is 23.3. The van der Waals surface area contributed by atoms with Crippen LogP contribution in [0.2, 0.25) is 0 Å². The van der Waals surface area contributed by atoms with Crippen molar-refractivity contribution in [2.75, 3.05) is 39.3 Å². The van der Waals surface area contributed by atoms with Gasteiger partial charge in [-0.2, -0.15) is 0 Å². The maximum absolute atomic E-state index is 12.3. The minimum absolute atomic E-state index is 0. The van der Waals surface area contributed by atoms with Crippen LogP contribution < -0.4 is 93.2 Å². The largest absolute Gasteiger partial charge is 4.00 e. The summed E-state index contributed by atoms with van der Waals surface area (Å²) in [4.78, 5) is 62.9. The molecule has 2 fully saturated rings. The monoisotopic (exact) mass is 1260 g/mol. The third-order valence-electron chi connectivity index (χ3n) is 7.59. The molecule has 2 aliphatic rings. The Balaban J connectivity index is -0.000000893. The van der Waals surface area contributed by atoms with E-state index >= 15 is 0 Å². The fourth-order valence-corrected chi connectivity index (χ4v) is 5.34. The Morgan fingerprint density at radius 2 is 0.491 bits per heavy atom.